The Labute approximate surface area is 124 Å². The maximum atomic E-state index is 4.63. The molecular weight excluding hydrogens is 270 g/mol. The summed E-state index contributed by atoms with van der Waals surface area (Å²) in [6.45, 7) is 6.97. The molecule has 1 N–H and O–H groups in total. The van der Waals surface area contributed by atoms with Crippen LogP contribution in [0.15, 0.2) is 11.4 Å². The highest BCUT2D eigenvalue weighted by atomic mass is 32.1. The first-order valence-corrected chi connectivity index (χ1v) is 7.56. The summed E-state index contributed by atoms with van der Waals surface area (Å²) in [6, 6.07) is 1.96. The van der Waals surface area contributed by atoms with Crippen LogP contribution < -0.4 is 10.2 Å². The summed E-state index contributed by atoms with van der Waals surface area (Å²) in [5, 5.41) is 6.28. The molecule has 2 aromatic heterocycles. The Balaban J connectivity index is 2.24. The average Bonchev–Trinajstić information content (AvgIpc) is 2.83. The van der Waals surface area contributed by atoms with E-state index in [-0.39, 0.29) is 0 Å². The fourth-order valence-corrected chi connectivity index (χ4v) is 2.44. The lowest BCUT2D eigenvalue weighted by Gasteiger charge is -2.19. The molecule has 0 amide bonds. The van der Waals surface area contributed by atoms with Gasteiger partial charge in [-0.1, -0.05) is 13.8 Å². The molecular formula is C14H21N5S. The van der Waals surface area contributed by atoms with Gasteiger partial charge in [0.25, 0.3) is 0 Å². The fourth-order valence-electron chi connectivity index (χ4n) is 1.84. The van der Waals surface area contributed by atoms with Crippen molar-refractivity contribution in [3.05, 3.63) is 28.0 Å². The molecule has 2 aromatic rings. The number of thiazole rings is 1. The Kier molecular flexibility index (Phi) is 4.54. The Morgan fingerprint density at radius 2 is 2.05 bits per heavy atom. The zero-order valence-electron chi connectivity index (χ0n) is 12.6. The highest BCUT2D eigenvalue weighted by molar-refractivity contribution is 7.09. The van der Waals surface area contributed by atoms with E-state index in [2.05, 4.69) is 44.4 Å². The summed E-state index contributed by atoms with van der Waals surface area (Å²) in [5.41, 5.74) is 1.07. The number of hydrogen-bond donors (Lipinski definition) is 1. The van der Waals surface area contributed by atoms with Crippen molar-refractivity contribution in [3.63, 3.8) is 0 Å². The van der Waals surface area contributed by atoms with Gasteiger partial charge in [-0.25, -0.2) is 15.0 Å². The monoisotopic (exact) mass is 291 g/mol. The molecule has 6 heteroatoms. The lowest BCUT2D eigenvalue weighted by molar-refractivity contribution is 0.762. The van der Waals surface area contributed by atoms with Crippen LogP contribution >= 0.6 is 11.3 Å². The van der Waals surface area contributed by atoms with Crippen LogP contribution in [0.25, 0.3) is 0 Å². The molecule has 0 fully saturated rings. The van der Waals surface area contributed by atoms with E-state index in [4.69, 9.17) is 0 Å². The van der Waals surface area contributed by atoms with Crippen LogP contribution in [0.3, 0.4) is 0 Å². The third kappa shape index (κ3) is 3.45. The van der Waals surface area contributed by atoms with Gasteiger partial charge in [0.1, 0.15) is 17.5 Å². The predicted octanol–water partition coefficient (Wildman–Crippen LogP) is 3.04. The maximum absolute atomic E-state index is 4.63. The molecule has 5 nitrogen and oxygen atoms in total. The molecule has 0 saturated carbocycles. The van der Waals surface area contributed by atoms with Crippen molar-refractivity contribution in [1.29, 1.82) is 0 Å². The second-order valence-electron chi connectivity index (χ2n) is 5.09. The van der Waals surface area contributed by atoms with Crippen molar-refractivity contribution < 1.29 is 0 Å². The first kappa shape index (κ1) is 14.7. The topological polar surface area (TPSA) is 53.9 Å². The molecule has 0 aliphatic heterocycles. The van der Waals surface area contributed by atoms with Crippen LogP contribution in [0.5, 0.6) is 0 Å². The van der Waals surface area contributed by atoms with E-state index in [0.717, 1.165) is 34.7 Å². The minimum absolute atomic E-state index is 0.303. The van der Waals surface area contributed by atoms with Gasteiger partial charge in [-0.15, -0.1) is 11.3 Å². The highest BCUT2D eigenvalue weighted by Gasteiger charge is 2.11. The van der Waals surface area contributed by atoms with Crippen molar-refractivity contribution in [3.8, 4) is 0 Å². The molecule has 0 saturated heterocycles. The van der Waals surface area contributed by atoms with Gasteiger partial charge in [-0.05, 0) is 6.92 Å². The summed E-state index contributed by atoms with van der Waals surface area (Å²) in [6.07, 6.45) is 0. The zero-order valence-corrected chi connectivity index (χ0v) is 13.5. The largest absolute Gasteiger partial charge is 0.373 e. The highest BCUT2D eigenvalue weighted by Crippen LogP contribution is 2.20. The Morgan fingerprint density at radius 1 is 1.30 bits per heavy atom. The van der Waals surface area contributed by atoms with E-state index < -0.39 is 0 Å². The molecule has 0 aliphatic carbocycles. The second-order valence-corrected chi connectivity index (χ2v) is 6.15. The van der Waals surface area contributed by atoms with Crippen molar-refractivity contribution >= 4 is 23.0 Å². The minimum Gasteiger partial charge on any atom is -0.373 e. The number of nitrogens with one attached hydrogen (secondary N) is 1. The fraction of sp³-hybridized carbons (Fsp3) is 0.500. The van der Waals surface area contributed by atoms with E-state index >= 15 is 0 Å². The van der Waals surface area contributed by atoms with Crippen LogP contribution in [0.1, 0.15) is 36.3 Å². The van der Waals surface area contributed by atoms with Crippen LogP contribution in [-0.4, -0.2) is 29.0 Å². The normalized spacial score (nSPS) is 10.9. The van der Waals surface area contributed by atoms with Gasteiger partial charge in [0.15, 0.2) is 0 Å². The third-order valence-electron chi connectivity index (χ3n) is 2.96. The van der Waals surface area contributed by atoms with Gasteiger partial charge in [0.2, 0.25) is 0 Å². The molecule has 20 heavy (non-hydrogen) atoms. The molecule has 0 spiro atoms. The molecule has 0 unspecified atom stereocenters. The first-order valence-electron chi connectivity index (χ1n) is 6.68. The van der Waals surface area contributed by atoms with E-state index in [0.29, 0.717) is 5.92 Å². The van der Waals surface area contributed by atoms with E-state index in [1.54, 1.807) is 11.3 Å². The number of aryl methyl sites for hydroxylation is 1. The third-order valence-corrected chi connectivity index (χ3v) is 3.78. The first-order chi connectivity index (χ1) is 9.49. The van der Waals surface area contributed by atoms with Gasteiger partial charge in [-0.2, -0.15) is 0 Å². The molecule has 0 aromatic carbocycles. The maximum Gasteiger partial charge on any atom is 0.135 e. The van der Waals surface area contributed by atoms with Crippen LogP contribution in [0.2, 0.25) is 0 Å². The summed E-state index contributed by atoms with van der Waals surface area (Å²) < 4.78 is 0. The average molecular weight is 291 g/mol. The van der Waals surface area contributed by atoms with E-state index in [1.807, 2.05) is 27.1 Å². The SMILES string of the molecule is CNc1cc(N(C)Cc2csc(C)n2)nc(C(C)C)n1. The van der Waals surface area contributed by atoms with Crippen molar-refractivity contribution in [2.45, 2.75) is 33.2 Å². The summed E-state index contributed by atoms with van der Waals surface area (Å²) in [7, 11) is 3.90. The number of hydrogen-bond acceptors (Lipinski definition) is 6. The van der Waals surface area contributed by atoms with Crippen LogP contribution in [-0.2, 0) is 6.54 Å². The summed E-state index contributed by atoms with van der Waals surface area (Å²) in [4.78, 5) is 15.7. The van der Waals surface area contributed by atoms with Gasteiger partial charge in [0.05, 0.1) is 17.2 Å². The quantitative estimate of drug-likeness (QED) is 0.917. The summed E-state index contributed by atoms with van der Waals surface area (Å²) >= 11 is 1.67. The van der Waals surface area contributed by atoms with Gasteiger partial charge in [-0.3, -0.25) is 0 Å². The molecule has 108 valence electrons. The van der Waals surface area contributed by atoms with Crippen LogP contribution in [0, 0.1) is 6.92 Å². The standard InChI is InChI=1S/C14H21N5S/c1-9(2)14-17-12(15-4)6-13(18-14)19(5)7-11-8-20-10(3)16-11/h6,8-9H,7H2,1-5H3,(H,15,17,18). The van der Waals surface area contributed by atoms with Crippen molar-refractivity contribution in [2.75, 3.05) is 24.3 Å². The second kappa shape index (κ2) is 6.17. The molecule has 2 rings (SSSR count). The minimum atomic E-state index is 0.303. The smallest absolute Gasteiger partial charge is 0.135 e. The molecule has 0 atom stereocenters. The summed E-state index contributed by atoms with van der Waals surface area (Å²) in [5.74, 6) is 2.92. The predicted molar refractivity (Wildman–Crippen MR) is 84.6 cm³/mol. The Hall–Kier alpha value is -1.69. The van der Waals surface area contributed by atoms with Crippen LogP contribution in [0.4, 0.5) is 11.6 Å². The van der Waals surface area contributed by atoms with Gasteiger partial charge < -0.3 is 10.2 Å². The molecule has 0 aliphatic rings. The zero-order chi connectivity index (χ0) is 14.7. The van der Waals surface area contributed by atoms with E-state index in [9.17, 15) is 0 Å². The molecule has 2 heterocycles. The van der Waals surface area contributed by atoms with Crippen molar-refractivity contribution in [2.24, 2.45) is 0 Å². The van der Waals surface area contributed by atoms with Gasteiger partial charge in [0, 0.05) is 31.5 Å². The number of aromatic nitrogens is 3. The Morgan fingerprint density at radius 3 is 2.60 bits per heavy atom. The number of nitrogens with zero attached hydrogens (tertiary/aromatic N) is 4. The number of anilines is 2. The van der Waals surface area contributed by atoms with E-state index in [1.165, 1.54) is 0 Å². The molecule has 0 bridgehead atoms. The lowest BCUT2D eigenvalue weighted by Crippen LogP contribution is -2.19. The van der Waals surface area contributed by atoms with Crippen molar-refractivity contribution in [1.82, 2.24) is 15.0 Å². The lowest BCUT2D eigenvalue weighted by atomic mass is 10.2. The number of rotatable bonds is 5. The Bertz CT molecular complexity index is 579. The molecule has 0 radical (unpaired) electrons. The van der Waals surface area contributed by atoms with Gasteiger partial charge >= 0.3 is 0 Å².